The molecule has 1 aromatic carbocycles. The van der Waals surface area contributed by atoms with Crippen LogP contribution in [0.5, 0.6) is 0 Å². The molecule has 0 radical (unpaired) electrons. The van der Waals surface area contributed by atoms with Crippen LogP contribution in [0.1, 0.15) is 12.5 Å². The molecule has 23 heavy (non-hydrogen) atoms. The number of benzene rings is 1. The molecule has 2 rings (SSSR count). The number of nitrogens with zero attached hydrogens (tertiary/aromatic N) is 3. The Morgan fingerprint density at radius 2 is 1.78 bits per heavy atom. The third-order valence-electron chi connectivity index (χ3n) is 4.10. The van der Waals surface area contributed by atoms with Crippen LogP contribution in [0, 0.1) is 0 Å². The van der Waals surface area contributed by atoms with Gasteiger partial charge in [-0.05, 0) is 24.6 Å². The molecule has 1 fully saturated rings. The van der Waals surface area contributed by atoms with E-state index in [-0.39, 0.29) is 12.0 Å². The van der Waals surface area contributed by atoms with Gasteiger partial charge in [0.1, 0.15) is 0 Å². The molecular weight excluding hydrogens is 314 g/mol. The van der Waals surface area contributed by atoms with Gasteiger partial charge in [0.05, 0.1) is 12.6 Å². The van der Waals surface area contributed by atoms with E-state index in [1.54, 1.807) is 4.90 Å². The van der Waals surface area contributed by atoms with E-state index in [0.717, 1.165) is 31.7 Å². The van der Waals surface area contributed by atoms with Crippen LogP contribution in [-0.4, -0.2) is 78.1 Å². The lowest BCUT2D eigenvalue weighted by Crippen LogP contribution is -2.50. The first-order valence-electron chi connectivity index (χ1n) is 8.05. The first-order valence-corrected chi connectivity index (χ1v) is 8.43. The first kappa shape index (κ1) is 18.2. The van der Waals surface area contributed by atoms with Crippen LogP contribution in [0.3, 0.4) is 0 Å². The van der Waals surface area contributed by atoms with Crippen molar-refractivity contribution in [3.05, 3.63) is 34.9 Å². The van der Waals surface area contributed by atoms with E-state index in [1.807, 2.05) is 38.2 Å². The second-order valence-corrected chi connectivity index (χ2v) is 6.74. The summed E-state index contributed by atoms with van der Waals surface area (Å²) in [4.78, 5) is 18.5. The number of hydrogen-bond donors (Lipinski definition) is 1. The molecule has 0 spiro atoms. The summed E-state index contributed by atoms with van der Waals surface area (Å²) in [5, 5.41) is 10.1. The number of aliphatic hydroxyl groups is 1. The van der Waals surface area contributed by atoms with Crippen molar-refractivity contribution in [3.8, 4) is 0 Å². The summed E-state index contributed by atoms with van der Waals surface area (Å²) >= 11 is 5.88. The average molecular weight is 340 g/mol. The molecule has 1 aromatic rings. The van der Waals surface area contributed by atoms with Crippen LogP contribution in [0.15, 0.2) is 24.3 Å². The lowest BCUT2D eigenvalue weighted by Gasteiger charge is -2.35. The first-order chi connectivity index (χ1) is 10.9. The maximum atomic E-state index is 12.3. The highest BCUT2D eigenvalue weighted by atomic mass is 35.5. The van der Waals surface area contributed by atoms with E-state index in [4.69, 9.17) is 11.6 Å². The Morgan fingerprint density at radius 3 is 2.35 bits per heavy atom. The minimum atomic E-state index is -0.298. The Morgan fingerprint density at radius 1 is 1.22 bits per heavy atom. The van der Waals surface area contributed by atoms with Crippen molar-refractivity contribution in [1.29, 1.82) is 0 Å². The summed E-state index contributed by atoms with van der Waals surface area (Å²) in [6, 6.07) is 7.58. The molecule has 1 saturated heterocycles. The second kappa shape index (κ2) is 8.64. The van der Waals surface area contributed by atoms with Crippen LogP contribution in [0.4, 0.5) is 0 Å². The zero-order valence-electron chi connectivity index (χ0n) is 13.9. The van der Waals surface area contributed by atoms with Gasteiger partial charge in [-0.1, -0.05) is 23.7 Å². The van der Waals surface area contributed by atoms with Crippen LogP contribution in [0.25, 0.3) is 0 Å². The molecule has 1 amide bonds. The minimum Gasteiger partial charge on any atom is -0.392 e. The summed E-state index contributed by atoms with van der Waals surface area (Å²) in [6.07, 6.45) is -0.298. The molecule has 0 bridgehead atoms. The standard InChI is InChI=1S/C17H26ClN3O2/c1-14(22)11-20-7-9-21(10-8-20)13-17(23)19(2)12-15-3-5-16(18)6-4-15/h3-6,14,22H,7-13H2,1-2H3/t14-/m1/s1. The molecule has 128 valence electrons. The number of carbonyl (C=O) groups excluding carboxylic acids is 1. The normalized spacial score (nSPS) is 17.9. The number of carbonyl (C=O) groups is 1. The summed E-state index contributed by atoms with van der Waals surface area (Å²) in [7, 11) is 1.83. The van der Waals surface area contributed by atoms with E-state index in [9.17, 15) is 9.90 Å². The smallest absolute Gasteiger partial charge is 0.236 e. The Bertz CT molecular complexity index is 499. The Balaban J connectivity index is 1.75. The highest BCUT2D eigenvalue weighted by Crippen LogP contribution is 2.11. The summed E-state index contributed by atoms with van der Waals surface area (Å²) in [6.45, 7) is 7.10. The van der Waals surface area contributed by atoms with Gasteiger partial charge in [-0.2, -0.15) is 0 Å². The molecule has 5 nitrogen and oxygen atoms in total. The number of hydrogen-bond acceptors (Lipinski definition) is 4. The number of β-amino-alcohol motifs (C(OH)–C–C–N with tert-alkyl or cyclic N) is 1. The van der Waals surface area contributed by atoms with Gasteiger partial charge < -0.3 is 10.0 Å². The Labute approximate surface area is 143 Å². The maximum absolute atomic E-state index is 12.3. The van der Waals surface area contributed by atoms with Crippen LogP contribution in [-0.2, 0) is 11.3 Å². The Kier molecular flexibility index (Phi) is 6.84. The largest absolute Gasteiger partial charge is 0.392 e. The third-order valence-corrected chi connectivity index (χ3v) is 4.36. The molecule has 1 heterocycles. The molecule has 1 atom stereocenters. The Hall–Kier alpha value is -1.14. The summed E-state index contributed by atoms with van der Waals surface area (Å²) in [5.41, 5.74) is 1.08. The van der Waals surface area contributed by atoms with E-state index in [2.05, 4.69) is 9.80 Å². The van der Waals surface area contributed by atoms with Gasteiger partial charge in [0.15, 0.2) is 0 Å². The van der Waals surface area contributed by atoms with E-state index in [1.165, 1.54) is 0 Å². The van der Waals surface area contributed by atoms with Crippen molar-refractivity contribution in [2.75, 3.05) is 46.3 Å². The van der Waals surface area contributed by atoms with Crippen LogP contribution >= 0.6 is 11.6 Å². The number of piperazine rings is 1. The monoisotopic (exact) mass is 339 g/mol. The van der Waals surface area contributed by atoms with E-state index >= 15 is 0 Å². The molecule has 6 heteroatoms. The highest BCUT2D eigenvalue weighted by Gasteiger charge is 2.21. The zero-order chi connectivity index (χ0) is 16.8. The van der Waals surface area contributed by atoms with Crippen molar-refractivity contribution >= 4 is 17.5 Å². The van der Waals surface area contributed by atoms with Gasteiger partial charge in [-0.25, -0.2) is 0 Å². The molecule has 0 saturated carbocycles. The number of amides is 1. The average Bonchev–Trinajstić information content (AvgIpc) is 2.51. The van der Waals surface area contributed by atoms with E-state index in [0.29, 0.717) is 24.7 Å². The maximum Gasteiger partial charge on any atom is 0.236 e. The quantitative estimate of drug-likeness (QED) is 0.848. The van der Waals surface area contributed by atoms with Crippen molar-refractivity contribution in [2.45, 2.75) is 19.6 Å². The number of likely N-dealkylation sites (N-methyl/N-ethyl adjacent to an activating group) is 1. The topological polar surface area (TPSA) is 47.0 Å². The minimum absolute atomic E-state index is 0.129. The lowest BCUT2D eigenvalue weighted by atomic mass is 10.2. The van der Waals surface area contributed by atoms with Crippen molar-refractivity contribution < 1.29 is 9.90 Å². The lowest BCUT2D eigenvalue weighted by molar-refractivity contribution is -0.132. The fourth-order valence-electron chi connectivity index (χ4n) is 2.77. The zero-order valence-corrected chi connectivity index (χ0v) is 14.7. The number of aliphatic hydroxyl groups excluding tert-OH is 1. The highest BCUT2D eigenvalue weighted by molar-refractivity contribution is 6.30. The second-order valence-electron chi connectivity index (χ2n) is 6.30. The fraction of sp³-hybridized carbons (Fsp3) is 0.588. The third kappa shape index (κ3) is 6.11. The van der Waals surface area contributed by atoms with Crippen molar-refractivity contribution in [1.82, 2.24) is 14.7 Å². The molecule has 0 aromatic heterocycles. The number of halogens is 1. The molecule has 1 N–H and O–H groups in total. The number of rotatable bonds is 6. The predicted molar refractivity (Wildman–Crippen MR) is 92.5 cm³/mol. The van der Waals surface area contributed by atoms with Crippen LogP contribution < -0.4 is 0 Å². The molecule has 0 unspecified atom stereocenters. The van der Waals surface area contributed by atoms with Gasteiger partial charge in [0.25, 0.3) is 0 Å². The summed E-state index contributed by atoms with van der Waals surface area (Å²) in [5.74, 6) is 0.129. The molecule has 1 aliphatic rings. The van der Waals surface area contributed by atoms with Crippen molar-refractivity contribution in [3.63, 3.8) is 0 Å². The van der Waals surface area contributed by atoms with Crippen molar-refractivity contribution in [2.24, 2.45) is 0 Å². The van der Waals surface area contributed by atoms with Gasteiger partial charge in [0.2, 0.25) is 5.91 Å². The molecule has 0 aliphatic carbocycles. The van der Waals surface area contributed by atoms with Crippen LogP contribution in [0.2, 0.25) is 5.02 Å². The predicted octanol–water partition coefficient (Wildman–Crippen LogP) is 1.30. The molecular formula is C17H26ClN3O2. The fourth-order valence-corrected chi connectivity index (χ4v) is 2.89. The van der Waals surface area contributed by atoms with Gasteiger partial charge >= 0.3 is 0 Å². The molecule has 1 aliphatic heterocycles. The van der Waals surface area contributed by atoms with Gasteiger partial charge in [-0.3, -0.25) is 14.6 Å². The SMILES string of the molecule is C[C@@H](O)CN1CCN(CC(=O)N(C)Cc2ccc(Cl)cc2)CC1. The summed E-state index contributed by atoms with van der Waals surface area (Å²) < 4.78 is 0. The van der Waals surface area contributed by atoms with Gasteiger partial charge in [-0.15, -0.1) is 0 Å². The van der Waals surface area contributed by atoms with Gasteiger partial charge in [0, 0.05) is 51.3 Å². The van der Waals surface area contributed by atoms with E-state index < -0.39 is 0 Å².